The smallest absolute Gasteiger partial charge is 0.185 e. The van der Waals surface area contributed by atoms with E-state index in [1.807, 2.05) is 36.4 Å². The SMILES string of the molecule is CCCOc1ccc(C(=O)/C=C/c2ccc(N)cc2)cc1. The van der Waals surface area contributed by atoms with Crippen molar-refractivity contribution in [1.29, 1.82) is 0 Å². The number of ketones is 1. The lowest BCUT2D eigenvalue weighted by molar-refractivity contribution is 0.104. The van der Waals surface area contributed by atoms with E-state index in [4.69, 9.17) is 10.5 Å². The largest absolute Gasteiger partial charge is 0.494 e. The Bertz CT molecular complexity index is 613. The predicted octanol–water partition coefficient (Wildman–Crippen LogP) is 3.95. The molecule has 2 rings (SSSR count). The van der Waals surface area contributed by atoms with E-state index >= 15 is 0 Å². The van der Waals surface area contributed by atoms with Crippen molar-refractivity contribution in [3.63, 3.8) is 0 Å². The first-order valence-corrected chi connectivity index (χ1v) is 7.00. The van der Waals surface area contributed by atoms with E-state index < -0.39 is 0 Å². The first kappa shape index (κ1) is 14.9. The van der Waals surface area contributed by atoms with Crippen LogP contribution in [0.15, 0.2) is 54.6 Å². The molecule has 3 heteroatoms. The maximum Gasteiger partial charge on any atom is 0.185 e. The van der Waals surface area contributed by atoms with Gasteiger partial charge < -0.3 is 10.5 Å². The number of carbonyl (C=O) groups excluding carboxylic acids is 1. The number of allylic oxidation sites excluding steroid dienone is 1. The van der Waals surface area contributed by atoms with Gasteiger partial charge in [0.25, 0.3) is 0 Å². The number of rotatable bonds is 6. The molecule has 108 valence electrons. The van der Waals surface area contributed by atoms with Gasteiger partial charge in [-0.05, 0) is 54.5 Å². The highest BCUT2D eigenvalue weighted by atomic mass is 16.5. The Morgan fingerprint density at radius 3 is 2.38 bits per heavy atom. The van der Waals surface area contributed by atoms with Crippen LogP contribution in [0, 0.1) is 0 Å². The van der Waals surface area contributed by atoms with Gasteiger partial charge in [0.05, 0.1) is 6.61 Å². The fraction of sp³-hybridized carbons (Fsp3) is 0.167. The molecule has 0 amide bonds. The molecule has 0 spiro atoms. The molecule has 2 aromatic rings. The zero-order valence-corrected chi connectivity index (χ0v) is 12.1. The topological polar surface area (TPSA) is 52.3 Å². The van der Waals surface area contributed by atoms with Crippen LogP contribution in [0.5, 0.6) is 5.75 Å². The molecule has 0 saturated heterocycles. The average molecular weight is 281 g/mol. The molecule has 0 aliphatic rings. The average Bonchev–Trinajstić information content (AvgIpc) is 2.52. The van der Waals surface area contributed by atoms with Crippen LogP contribution in [0.1, 0.15) is 29.3 Å². The minimum absolute atomic E-state index is 0.0335. The number of hydrogen-bond acceptors (Lipinski definition) is 3. The molecule has 0 heterocycles. The Labute approximate surface area is 125 Å². The minimum Gasteiger partial charge on any atom is -0.494 e. The highest BCUT2D eigenvalue weighted by molar-refractivity contribution is 6.06. The number of ether oxygens (including phenoxy) is 1. The zero-order valence-electron chi connectivity index (χ0n) is 12.1. The Morgan fingerprint density at radius 2 is 1.76 bits per heavy atom. The summed E-state index contributed by atoms with van der Waals surface area (Å²) in [5, 5.41) is 0. The number of anilines is 1. The monoisotopic (exact) mass is 281 g/mol. The van der Waals surface area contributed by atoms with Crippen molar-refractivity contribution in [3.8, 4) is 5.75 Å². The summed E-state index contributed by atoms with van der Waals surface area (Å²) in [6, 6.07) is 14.6. The summed E-state index contributed by atoms with van der Waals surface area (Å²) in [5.74, 6) is 0.754. The number of nitrogen functional groups attached to an aromatic ring is 1. The maximum atomic E-state index is 12.1. The van der Waals surface area contributed by atoms with Gasteiger partial charge in [-0.25, -0.2) is 0 Å². The molecule has 0 atom stereocenters. The van der Waals surface area contributed by atoms with Crippen molar-refractivity contribution < 1.29 is 9.53 Å². The third-order valence-electron chi connectivity index (χ3n) is 2.98. The van der Waals surface area contributed by atoms with Gasteiger partial charge >= 0.3 is 0 Å². The number of nitrogens with two attached hydrogens (primary N) is 1. The zero-order chi connectivity index (χ0) is 15.1. The summed E-state index contributed by atoms with van der Waals surface area (Å²) < 4.78 is 5.49. The molecule has 3 nitrogen and oxygen atoms in total. The van der Waals surface area contributed by atoms with E-state index in [1.54, 1.807) is 24.3 Å². The Morgan fingerprint density at radius 1 is 1.10 bits per heavy atom. The van der Waals surface area contributed by atoms with Crippen LogP contribution in [0.4, 0.5) is 5.69 Å². The minimum atomic E-state index is -0.0335. The molecule has 0 radical (unpaired) electrons. The normalized spacial score (nSPS) is 10.7. The van der Waals surface area contributed by atoms with E-state index in [2.05, 4.69) is 6.92 Å². The van der Waals surface area contributed by atoms with Crippen molar-refractivity contribution >= 4 is 17.5 Å². The molecule has 0 aliphatic heterocycles. The number of hydrogen-bond donors (Lipinski definition) is 1. The van der Waals surface area contributed by atoms with E-state index in [1.165, 1.54) is 0 Å². The first-order chi connectivity index (χ1) is 10.2. The molecule has 2 aromatic carbocycles. The van der Waals surface area contributed by atoms with Crippen LogP contribution in [0.2, 0.25) is 0 Å². The maximum absolute atomic E-state index is 12.1. The van der Waals surface area contributed by atoms with Gasteiger partial charge in [-0.1, -0.05) is 25.1 Å². The van der Waals surface area contributed by atoms with E-state index in [-0.39, 0.29) is 5.78 Å². The fourth-order valence-corrected chi connectivity index (χ4v) is 1.81. The lowest BCUT2D eigenvalue weighted by Crippen LogP contribution is -1.97. The van der Waals surface area contributed by atoms with Crippen molar-refractivity contribution in [3.05, 3.63) is 65.7 Å². The Balaban J connectivity index is 2.01. The van der Waals surface area contributed by atoms with Crippen LogP contribution < -0.4 is 10.5 Å². The van der Waals surface area contributed by atoms with E-state index in [9.17, 15) is 4.79 Å². The second-order valence-electron chi connectivity index (χ2n) is 4.74. The van der Waals surface area contributed by atoms with Gasteiger partial charge in [0, 0.05) is 11.3 Å². The third kappa shape index (κ3) is 4.49. The van der Waals surface area contributed by atoms with Gasteiger partial charge in [-0.3, -0.25) is 4.79 Å². The molecule has 21 heavy (non-hydrogen) atoms. The summed E-state index contributed by atoms with van der Waals surface area (Å²) in [4.78, 5) is 12.1. The summed E-state index contributed by atoms with van der Waals surface area (Å²) in [5.41, 5.74) is 7.92. The van der Waals surface area contributed by atoms with Crippen LogP contribution in [0.3, 0.4) is 0 Å². The summed E-state index contributed by atoms with van der Waals surface area (Å²) >= 11 is 0. The summed E-state index contributed by atoms with van der Waals surface area (Å²) in [7, 11) is 0. The number of benzene rings is 2. The van der Waals surface area contributed by atoms with Crippen LogP contribution >= 0.6 is 0 Å². The van der Waals surface area contributed by atoms with Crippen molar-refractivity contribution in [2.45, 2.75) is 13.3 Å². The van der Waals surface area contributed by atoms with E-state index in [0.29, 0.717) is 17.9 Å². The van der Waals surface area contributed by atoms with Crippen molar-refractivity contribution in [1.82, 2.24) is 0 Å². The molecule has 0 aliphatic carbocycles. The molecule has 0 fully saturated rings. The lowest BCUT2D eigenvalue weighted by Gasteiger charge is -2.04. The van der Waals surface area contributed by atoms with E-state index in [0.717, 1.165) is 17.7 Å². The Hall–Kier alpha value is -2.55. The second-order valence-corrected chi connectivity index (χ2v) is 4.74. The van der Waals surface area contributed by atoms with Gasteiger partial charge in [0.2, 0.25) is 0 Å². The molecular formula is C18H19NO2. The predicted molar refractivity (Wildman–Crippen MR) is 86.4 cm³/mol. The molecule has 0 saturated carbocycles. The molecular weight excluding hydrogens is 262 g/mol. The van der Waals surface area contributed by atoms with Crippen molar-refractivity contribution in [2.24, 2.45) is 0 Å². The molecule has 0 unspecified atom stereocenters. The van der Waals surface area contributed by atoms with Gasteiger partial charge in [-0.15, -0.1) is 0 Å². The quantitative estimate of drug-likeness (QED) is 0.495. The van der Waals surface area contributed by atoms with Crippen LogP contribution in [0.25, 0.3) is 6.08 Å². The Kier molecular flexibility index (Phi) is 5.16. The molecule has 0 aromatic heterocycles. The van der Waals surface area contributed by atoms with Crippen molar-refractivity contribution in [2.75, 3.05) is 12.3 Å². The third-order valence-corrected chi connectivity index (χ3v) is 2.98. The highest BCUT2D eigenvalue weighted by Crippen LogP contribution is 2.14. The van der Waals surface area contributed by atoms with Gasteiger partial charge in [0.15, 0.2) is 5.78 Å². The molecule has 0 bridgehead atoms. The van der Waals surface area contributed by atoms with Crippen LogP contribution in [-0.4, -0.2) is 12.4 Å². The number of carbonyl (C=O) groups is 1. The molecule has 2 N–H and O–H groups in total. The lowest BCUT2D eigenvalue weighted by atomic mass is 10.1. The summed E-state index contributed by atoms with van der Waals surface area (Å²) in [6.45, 7) is 2.74. The standard InChI is InChI=1S/C18H19NO2/c1-2-13-21-17-10-6-15(7-11-17)18(20)12-5-14-3-8-16(19)9-4-14/h3-12H,2,13,19H2,1H3/b12-5+. The second kappa shape index (κ2) is 7.29. The summed E-state index contributed by atoms with van der Waals surface area (Å²) in [6.07, 6.45) is 4.31. The fourth-order valence-electron chi connectivity index (χ4n) is 1.81. The highest BCUT2D eigenvalue weighted by Gasteiger charge is 2.02. The van der Waals surface area contributed by atoms with Gasteiger partial charge in [0.1, 0.15) is 5.75 Å². The first-order valence-electron chi connectivity index (χ1n) is 7.00. The van der Waals surface area contributed by atoms with Crippen LogP contribution in [-0.2, 0) is 0 Å². The van der Waals surface area contributed by atoms with Gasteiger partial charge in [-0.2, -0.15) is 0 Å².